The molecule has 1 aromatic heterocycles. The molecule has 0 bridgehead atoms. The molecular weight excluding hydrogens is 380 g/mol. The average molecular weight is 399 g/mol. The largest absolute Gasteiger partial charge is 0.298 e. The highest BCUT2D eigenvalue weighted by Crippen LogP contribution is 2.11. The van der Waals surface area contributed by atoms with E-state index in [0.29, 0.717) is 15.9 Å². The van der Waals surface area contributed by atoms with Crippen LogP contribution in [0, 0.1) is 6.92 Å². The van der Waals surface area contributed by atoms with Crippen LogP contribution in [0.2, 0.25) is 5.02 Å². The Hall–Kier alpha value is -3.19. The molecule has 2 aromatic carbocycles. The number of hydrogen-bond acceptors (Lipinski definition) is 4. The number of para-hydroxylation sites is 1. The van der Waals surface area contributed by atoms with Crippen LogP contribution in [0.15, 0.2) is 53.6 Å². The van der Waals surface area contributed by atoms with Crippen LogP contribution in [-0.4, -0.2) is 21.4 Å². The number of carbonyl (C=O) groups is 2. The van der Waals surface area contributed by atoms with Gasteiger partial charge in [0.1, 0.15) is 0 Å². The topological polar surface area (TPSA) is 93.1 Å². The summed E-state index contributed by atoms with van der Waals surface area (Å²) in [6.45, 7) is 2.05. The van der Waals surface area contributed by atoms with Gasteiger partial charge in [0, 0.05) is 18.0 Å². The molecule has 2 N–H and O–H groups in total. The lowest BCUT2D eigenvalue weighted by Crippen LogP contribution is -2.42. The van der Waals surface area contributed by atoms with Gasteiger partial charge in [-0.25, -0.2) is 4.98 Å². The standard InChI is InChI=1S/C20H19ClN4O3/c1-13-3-2-4-16-19(13)22-12-25(20(16)28)10-9-17(26)23-24-18(27)11-14-5-7-15(21)8-6-14/h2-8,12H,9-11H2,1H3,(H,23,26)(H,24,27). The van der Waals surface area contributed by atoms with Crippen LogP contribution in [0.25, 0.3) is 10.9 Å². The minimum Gasteiger partial charge on any atom is -0.298 e. The molecule has 0 fully saturated rings. The summed E-state index contributed by atoms with van der Waals surface area (Å²) in [4.78, 5) is 40.6. The van der Waals surface area contributed by atoms with Gasteiger partial charge in [0.15, 0.2) is 0 Å². The molecule has 0 unspecified atom stereocenters. The zero-order valence-electron chi connectivity index (χ0n) is 15.2. The van der Waals surface area contributed by atoms with E-state index in [-0.39, 0.29) is 30.9 Å². The monoisotopic (exact) mass is 398 g/mol. The number of aryl methyl sites for hydroxylation is 2. The predicted octanol–water partition coefficient (Wildman–Crippen LogP) is 2.14. The van der Waals surface area contributed by atoms with E-state index in [1.165, 1.54) is 10.9 Å². The molecule has 0 atom stereocenters. The Morgan fingerprint density at radius 1 is 1.07 bits per heavy atom. The summed E-state index contributed by atoms with van der Waals surface area (Å²) in [7, 11) is 0. The maximum Gasteiger partial charge on any atom is 0.261 e. The Kier molecular flexibility index (Phi) is 6.06. The molecule has 0 aliphatic rings. The molecule has 0 saturated heterocycles. The number of amides is 2. The number of hydrogen-bond donors (Lipinski definition) is 2. The van der Waals surface area contributed by atoms with E-state index in [1.807, 2.05) is 13.0 Å². The highest BCUT2D eigenvalue weighted by molar-refractivity contribution is 6.30. The van der Waals surface area contributed by atoms with Gasteiger partial charge in [-0.15, -0.1) is 0 Å². The lowest BCUT2D eigenvalue weighted by atomic mass is 10.1. The second kappa shape index (κ2) is 8.67. The third kappa shape index (κ3) is 4.75. The summed E-state index contributed by atoms with van der Waals surface area (Å²) in [6.07, 6.45) is 1.58. The van der Waals surface area contributed by atoms with Gasteiger partial charge in [-0.3, -0.25) is 29.8 Å². The molecular formula is C20H19ClN4O3. The molecule has 0 aliphatic heterocycles. The van der Waals surface area contributed by atoms with E-state index in [9.17, 15) is 14.4 Å². The van der Waals surface area contributed by atoms with Crippen molar-refractivity contribution >= 4 is 34.3 Å². The first-order valence-electron chi connectivity index (χ1n) is 8.71. The fourth-order valence-electron chi connectivity index (χ4n) is 2.75. The predicted molar refractivity (Wildman–Crippen MR) is 107 cm³/mol. The van der Waals surface area contributed by atoms with Crippen molar-refractivity contribution in [2.45, 2.75) is 26.3 Å². The summed E-state index contributed by atoms with van der Waals surface area (Å²) in [5.74, 6) is -0.753. The molecule has 0 spiro atoms. The maximum absolute atomic E-state index is 12.5. The van der Waals surface area contributed by atoms with Gasteiger partial charge in [0.2, 0.25) is 11.8 Å². The van der Waals surface area contributed by atoms with E-state index < -0.39 is 5.91 Å². The van der Waals surface area contributed by atoms with Crippen molar-refractivity contribution in [3.63, 3.8) is 0 Å². The van der Waals surface area contributed by atoms with Gasteiger partial charge in [-0.2, -0.15) is 0 Å². The van der Waals surface area contributed by atoms with Gasteiger partial charge in [0.25, 0.3) is 5.56 Å². The minimum absolute atomic E-state index is 0.0279. The third-order valence-electron chi connectivity index (χ3n) is 4.25. The van der Waals surface area contributed by atoms with Gasteiger partial charge in [0.05, 0.1) is 23.7 Å². The highest BCUT2D eigenvalue weighted by atomic mass is 35.5. The number of hydrazine groups is 1. The first-order chi connectivity index (χ1) is 13.4. The fourth-order valence-corrected chi connectivity index (χ4v) is 2.88. The van der Waals surface area contributed by atoms with Crippen molar-refractivity contribution in [2.24, 2.45) is 0 Å². The lowest BCUT2D eigenvalue weighted by Gasteiger charge is -2.09. The molecule has 144 valence electrons. The number of nitrogens with one attached hydrogen (secondary N) is 2. The first-order valence-corrected chi connectivity index (χ1v) is 9.09. The zero-order valence-corrected chi connectivity index (χ0v) is 16.0. The van der Waals surface area contributed by atoms with Gasteiger partial charge in [-0.05, 0) is 36.2 Å². The van der Waals surface area contributed by atoms with Crippen LogP contribution in [0.1, 0.15) is 17.5 Å². The van der Waals surface area contributed by atoms with Crippen molar-refractivity contribution in [2.75, 3.05) is 0 Å². The first kappa shape index (κ1) is 19.6. The van der Waals surface area contributed by atoms with Gasteiger partial charge in [-0.1, -0.05) is 35.9 Å². The Bertz CT molecular complexity index is 1080. The normalized spacial score (nSPS) is 10.6. The van der Waals surface area contributed by atoms with Crippen LogP contribution in [-0.2, 0) is 22.6 Å². The smallest absolute Gasteiger partial charge is 0.261 e. The van der Waals surface area contributed by atoms with Crippen molar-refractivity contribution in [3.8, 4) is 0 Å². The molecule has 28 heavy (non-hydrogen) atoms. The van der Waals surface area contributed by atoms with Crippen LogP contribution < -0.4 is 16.4 Å². The van der Waals surface area contributed by atoms with E-state index >= 15 is 0 Å². The van der Waals surface area contributed by atoms with Crippen LogP contribution in [0.3, 0.4) is 0 Å². The molecule has 3 aromatic rings. The number of carbonyl (C=O) groups excluding carboxylic acids is 2. The quantitative estimate of drug-likeness (QED) is 0.644. The van der Waals surface area contributed by atoms with E-state index in [0.717, 1.165) is 11.1 Å². The molecule has 1 heterocycles. The SMILES string of the molecule is Cc1cccc2c(=O)n(CCC(=O)NNC(=O)Cc3ccc(Cl)cc3)cnc12. The van der Waals surface area contributed by atoms with Crippen molar-refractivity contribution in [1.82, 2.24) is 20.4 Å². The van der Waals surface area contributed by atoms with Gasteiger partial charge >= 0.3 is 0 Å². The summed E-state index contributed by atoms with van der Waals surface area (Å²) >= 11 is 5.80. The molecule has 0 aliphatic carbocycles. The third-order valence-corrected chi connectivity index (χ3v) is 4.51. The molecule has 0 radical (unpaired) electrons. The van der Waals surface area contributed by atoms with E-state index in [4.69, 9.17) is 11.6 Å². The highest BCUT2D eigenvalue weighted by Gasteiger charge is 2.09. The molecule has 2 amide bonds. The summed E-state index contributed by atoms with van der Waals surface area (Å²) < 4.78 is 1.39. The van der Waals surface area contributed by atoms with Crippen LogP contribution in [0.5, 0.6) is 0 Å². The number of benzene rings is 2. The van der Waals surface area contributed by atoms with Gasteiger partial charge < -0.3 is 0 Å². The van der Waals surface area contributed by atoms with Crippen molar-refractivity contribution < 1.29 is 9.59 Å². The number of halogens is 1. The van der Waals surface area contributed by atoms with E-state index in [1.54, 1.807) is 36.4 Å². The van der Waals surface area contributed by atoms with Crippen molar-refractivity contribution in [3.05, 3.63) is 75.3 Å². The second-order valence-electron chi connectivity index (χ2n) is 6.36. The Balaban J connectivity index is 1.52. The summed E-state index contributed by atoms with van der Waals surface area (Å²) in [6, 6.07) is 12.3. The summed E-state index contributed by atoms with van der Waals surface area (Å²) in [5.41, 5.74) is 6.86. The lowest BCUT2D eigenvalue weighted by molar-refractivity contribution is -0.128. The Morgan fingerprint density at radius 2 is 1.79 bits per heavy atom. The van der Waals surface area contributed by atoms with Crippen LogP contribution in [0.4, 0.5) is 0 Å². The second-order valence-corrected chi connectivity index (χ2v) is 6.80. The number of aromatic nitrogens is 2. The number of rotatable bonds is 5. The number of nitrogens with zero attached hydrogens (tertiary/aromatic N) is 2. The van der Waals surface area contributed by atoms with Crippen molar-refractivity contribution in [1.29, 1.82) is 0 Å². The van der Waals surface area contributed by atoms with E-state index in [2.05, 4.69) is 15.8 Å². The maximum atomic E-state index is 12.5. The summed E-state index contributed by atoms with van der Waals surface area (Å²) in [5, 5.41) is 1.10. The molecule has 0 saturated carbocycles. The Morgan fingerprint density at radius 3 is 2.54 bits per heavy atom. The van der Waals surface area contributed by atoms with Crippen LogP contribution >= 0.6 is 11.6 Å². The molecule has 7 nitrogen and oxygen atoms in total. The molecule has 8 heteroatoms. The zero-order chi connectivity index (χ0) is 20.1. The number of fused-ring (bicyclic) bond motifs is 1. The minimum atomic E-state index is -0.402. The fraction of sp³-hybridized carbons (Fsp3) is 0.200. The Labute approximate surface area is 166 Å². The average Bonchev–Trinajstić information content (AvgIpc) is 2.68. The molecule has 3 rings (SSSR count).